The van der Waals surface area contributed by atoms with Crippen molar-refractivity contribution >= 4 is 11.8 Å². The second-order valence-corrected chi connectivity index (χ2v) is 5.01. The SMILES string of the molecule is Cc1ccccc1[C@H]1C(=O)NC(=O)[C@@H]2CCCN12. The van der Waals surface area contributed by atoms with Gasteiger partial charge in [0.15, 0.2) is 0 Å². The van der Waals surface area contributed by atoms with Crippen molar-refractivity contribution in [1.29, 1.82) is 0 Å². The molecule has 0 aliphatic carbocycles. The predicted octanol–water partition coefficient (Wildman–Crippen LogP) is 1.16. The Hall–Kier alpha value is -1.68. The van der Waals surface area contributed by atoms with Gasteiger partial charge in [-0.1, -0.05) is 24.3 Å². The standard InChI is InChI=1S/C14H16N2O2/c1-9-5-2-3-6-10(9)12-14(18)15-13(17)11-7-4-8-16(11)12/h2-3,5-6,11-12H,4,7-8H2,1H3,(H,15,17,18)/t11-,12-/m0/s1. The van der Waals surface area contributed by atoms with Crippen molar-refractivity contribution in [2.45, 2.75) is 31.8 Å². The molecule has 2 fully saturated rings. The van der Waals surface area contributed by atoms with E-state index in [0.717, 1.165) is 30.5 Å². The van der Waals surface area contributed by atoms with E-state index in [2.05, 4.69) is 5.32 Å². The van der Waals surface area contributed by atoms with Crippen molar-refractivity contribution in [3.8, 4) is 0 Å². The lowest BCUT2D eigenvalue weighted by Gasteiger charge is -2.36. The van der Waals surface area contributed by atoms with Gasteiger partial charge >= 0.3 is 0 Å². The minimum Gasteiger partial charge on any atom is -0.293 e. The Morgan fingerprint density at radius 1 is 1.22 bits per heavy atom. The summed E-state index contributed by atoms with van der Waals surface area (Å²) < 4.78 is 0. The van der Waals surface area contributed by atoms with Gasteiger partial charge in [0, 0.05) is 6.54 Å². The van der Waals surface area contributed by atoms with Crippen LogP contribution in [0, 0.1) is 6.92 Å². The quantitative estimate of drug-likeness (QED) is 0.754. The summed E-state index contributed by atoms with van der Waals surface area (Å²) in [7, 11) is 0. The Balaban J connectivity index is 2.02. The van der Waals surface area contributed by atoms with Crippen molar-refractivity contribution in [1.82, 2.24) is 10.2 Å². The highest BCUT2D eigenvalue weighted by Gasteiger charge is 2.44. The highest BCUT2D eigenvalue weighted by Crippen LogP contribution is 2.33. The van der Waals surface area contributed by atoms with E-state index in [1.807, 2.05) is 36.1 Å². The minimum absolute atomic E-state index is 0.132. The normalized spacial score (nSPS) is 28.1. The van der Waals surface area contributed by atoms with Gasteiger partial charge in [-0.05, 0) is 30.9 Å². The molecule has 18 heavy (non-hydrogen) atoms. The van der Waals surface area contributed by atoms with E-state index in [0.29, 0.717) is 0 Å². The van der Waals surface area contributed by atoms with Crippen molar-refractivity contribution < 1.29 is 9.59 Å². The molecule has 2 heterocycles. The first-order valence-corrected chi connectivity index (χ1v) is 6.34. The second-order valence-electron chi connectivity index (χ2n) is 5.01. The van der Waals surface area contributed by atoms with E-state index in [9.17, 15) is 9.59 Å². The fourth-order valence-corrected chi connectivity index (χ4v) is 3.02. The van der Waals surface area contributed by atoms with Crippen LogP contribution in [-0.4, -0.2) is 29.3 Å². The average Bonchev–Trinajstić information content (AvgIpc) is 2.81. The summed E-state index contributed by atoms with van der Waals surface area (Å²) in [5, 5.41) is 2.51. The Kier molecular flexibility index (Phi) is 2.67. The number of imide groups is 1. The molecule has 2 atom stereocenters. The van der Waals surface area contributed by atoms with E-state index in [4.69, 9.17) is 0 Å². The first kappa shape index (κ1) is 11.4. The number of rotatable bonds is 1. The summed E-state index contributed by atoms with van der Waals surface area (Å²) in [5.74, 6) is -0.324. The van der Waals surface area contributed by atoms with Gasteiger partial charge in [0.1, 0.15) is 6.04 Å². The van der Waals surface area contributed by atoms with Gasteiger partial charge in [-0.2, -0.15) is 0 Å². The molecule has 2 aliphatic heterocycles. The molecule has 2 saturated heterocycles. The fourth-order valence-electron chi connectivity index (χ4n) is 3.02. The molecule has 0 spiro atoms. The van der Waals surface area contributed by atoms with Crippen LogP contribution in [0.3, 0.4) is 0 Å². The Morgan fingerprint density at radius 2 is 2.00 bits per heavy atom. The lowest BCUT2D eigenvalue weighted by atomic mass is 9.96. The predicted molar refractivity (Wildman–Crippen MR) is 66.8 cm³/mol. The highest BCUT2D eigenvalue weighted by atomic mass is 16.2. The van der Waals surface area contributed by atoms with Crippen molar-refractivity contribution in [2.24, 2.45) is 0 Å². The maximum absolute atomic E-state index is 12.1. The zero-order valence-corrected chi connectivity index (χ0v) is 10.3. The first-order chi connectivity index (χ1) is 8.68. The number of nitrogens with zero attached hydrogens (tertiary/aromatic N) is 1. The molecule has 94 valence electrons. The minimum atomic E-state index is -0.309. The van der Waals surface area contributed by atoms with Gasteiger partial charge in [0.2, 0.25) is 11.8 Å². The number of amides is 2. The number of nitrogens with one attached hydrogen (secondary N) is 1. The highest BCUT2D eigenvalue weighted by molar-refractivity contribution is 6.03. The molecule has 4 heteroatoms. The molecule has 3 rings (SSSR count). The van der Waals surface area contributed by atoms with Crippen LogP contribution in [0.1, 0.15) is 30.0 Å². The fraction of sp³-hybridized carbons (Fsp3) is 0.429. The topological polar surface area (TPSA) is 49.4 Å². The summed E-state index contributed by atoms with van der Waals surface area (Å²) in [6.07, 6.45) is 1.83. The number of carbonyl (C=O) groups excluding carboxylic acids is 2. The lowest BCUT2D eigenvalue weighted by Crippen LogP contribution is -2.57. The van der Waals surface area contributed by atoms with Crippen LogP contribution in [0.15, 0.2) is 24.3 Å². The van der Waals surface area contributed by atoms with Gasteiger partial charge in [0.05, 0.1) is 6.04 Å². The molecule has 0 saturated carbocycles. The lowest BCUT2D eigenvalue weighted by molar-refractivity contribution is -0.143. The number of hydrogen-bond acceptors (Lipinski definition) is 3. The van der Waals surface area contributed by atoms with Crippen LogP contribution in [0.2, 0.25) is 0 Å². The molecule has 0 unspecified atom stereocenters. The molecule has 0 radical (unpaired) electrons. The number of benzene rings is 1. The Morgan fingerprint density at radius 3 is 2.78 bits per heavy atom. The number of fused-ring (bicyclic) bond motifs is 1. The van der Waals surface area contributed by atoms with E-state index < -0.39 is 0 Å². The van der Waals surface area contributed by atoms with Crippen LogP contribution < -0.4 is 5.32 Å². The maximum Gasteiger partial charge on any atom is 0.248 e. The van der Waals surface area contributed by atoms with Gasteiger partial charge in [0.25, 0.3) is 0 Å². The molecule has 2 amide bonds. The number of hydrogen-bond donors (Lipinski definition) is 1. The number of piperazine rings is 1. The van der Waals surface area contributed by atoms with E-state index in [1.165, 1.54) is 0 Å². The van der Waals surface area contributed by atoms with E-state index in [1.54, 1.807) is 0 Å². The van der Waals surface area contributed by atoms with E-state index >= 15 is 0 Å². The third kappa shape index (κ3) is 1.64. The van der Waals surface area contributed by atoms with Crippen LogP contribution in [0.4, 0.5) is 0 Å². The molecule has 4 nitrogen and oxygen atoms in total. The summed E-state index contributed by atoms with van der Waals surface area (Å²) in [6, 6.07) is 7.45. The molecule has 0 aromatic heterocycles. The number of carbonyl (C=O) groups is 2. The summed E-state index contributed by atoms with van der Waals surface area (Å²) >= 11 is 0. The third-order valence-electron chi connectivity index (χ3n) is 3.91. The zero-order valence-electron chi connectivity index (χ0n) is 10.3. The molecule has 1 aromatic carbocycles. The zero-order chi connectivity index (χ0) is 12.7. The monoisotopic (exact) mass is 244 g/mol. The maximum atomic E-state index is 12.1. The second kappa shape index (κ2) is 4.21. The average molecular weight is 244 g/mol. The van der Waals surface area contributed by atoms with Crippen LogP contribution >= 0.6 is 0 Å². The molecule has 1 N–H and O–H groups in total. The first-order valence-electron chi connectivity index (χ1n) is 6.34. The summed E-state index contributed by atoms with van der Waals surface area (Å²) in [5.41, 5.74) is 2.10. The molecule has 1 aromatic rings. The van der Waals surface area contributed by atoms with E-state index in [-0.39, 0.29) is 23.9 Å². The summed E-state index contributed by atoms with van der Waals surface area (Å²) in [6.45, 7) is 2.83. The van der Waals surface area contributed by atoms with Gasteiger partial charge < -0.3 is 0 Å². The Bertz CT molecular complexity index is 512. The molecule has 0 bridgehead atoms. The van der Waals surface area contributed by atoms with Crippen molar-refractivity contribution in [3.05, 3.63) is 35.4 Å². The largest absolute Gasteiger partial charge is 0.293 e. The van der Waals surface area contributed by atoms with Gasteiger partial charge in [-0.15, -0.1) is 0 Å². The van der Waals surface area contributed by atoms with Crippen molar-refractivity contribution in [3.63, 3.8) is 0 Å². The number of aryl methyl sites for hydroxylation is 1. The smallest absolute Gasteiger partial charge is 0.248 e. The van der Waals surface area contributed by atoms with Gasteiger partial charge in [-0.25, -0.2) is 0 Å². The van der Waals surface area contributed by atoms with Crippen LogP contribution in [0.5, 0.6) is 0 Å². The Labute approximate surface area is 106 Å². The summed E-state index contributed by atoms with van der Waals surface area (Å²) in [4.78, 5) is 25.9. The van der Waals surface area contributed by atoms with Crippen molar-refractivity contribution in [2.75, 3.05) is 6.54 Å². The molecular weight excluding hydrogens is 228 g/mol. The third-order valence-corrected chi connectivity index (χ3v) is 3.91. The van der Waals surface area contributed by atoms with Crippen LogP contribution in [-0.2, 0) is 9.59 Å². The van der Waals surface area contributed by atoms with Crippen LogP contribution in [0.25, 0.3) is 0 Å². The molecular formula is C14H16N2O2. The van der Waals surface area contributed by atoms with Gasteiger partial charge in [-0.3, -0.25) is 19.8 Å². The molecule has 2 aliphatic rings.